The molecule has 3 N–H and O–H groups in total. The van der Waals surface area contributed by atoms with Crippen LogP contribution in [0.3, 0.4) is 0 Å². The molecular formula is C13H14F2N4O. The van der Waals surface area contributed by atoms with Crippen molar-refractivity contribution in [2.24, 2.45) is 5.84 Å². The highest BCUT2D eigenvalue weighted by atomic mass is 19.1. The number of hydrogen-bond acceptors (Lipinski definition) is 5. The van der Waals surface area contributed by atoms with Gasteiger partial charge in [0, 0.05) is 18.2 Å². The number of nitrogens with one attached hydrogen (secondary N) is 1. The maximum atomic E-state index is 13.1. The molecule has 5 nitrogen and oxygen atoms in total. The van der Waals surface area contributed by atoms with E-state index in [9.17, 15) is 8.78 Å². The van der Waals surface area contributed by atoms with Crippen LogP contribution in [-0.4, -0.2) is 9.97 Å². The smallest absolute Gasteiger partial charge is 0.227 e. The van der Waals surface area contributed by atoms with Gasteiger partial charge >= 0.3 is 0 Å². The van der Waals surface area contributed by atoms with Crippen molar-refractivity contribution < 1.29 is 13.5 Å². The van der Waals surface area contributed by atoms with Gasteiger partial charge in [-0.1, -0.05) is 13.3 Å². The molecule has 0 amide bonds. The molecule has 0 radical (unpaired) electrons. The molecule has 0 saturated heterocycles. The van der Waals surface area contributed by atoms with Crippen molar-refractivity contribution in [3.8, 4) is 11.6 Å². The number of nitrogens with zero attached hydrogens (tertiary/aromatic N) is 2. The van der Waals surface area contributed by atoms with E-state index < -0.39 is 11.6 Å². The Morgan fingerprint density at radius 1 is 1.20 bits per heavy atom. The van der Waals surface area contributed by atoms with Crippen LogP contribution in [0.15, 0.2) is 24.5 Å². The van der Waals surface area contributed by atoms with Crippen LogP contribution in [0.1, 0.15) is 18.9 Å². The molecule has 1 aromatic carbocycles. The third kappa shape index (κ3) is 3.18. The standard InChI is InChI=1S/C13H14F2N4O/c1-2-3-11-12(19-16)17-7-18-13(11)20-10-5-8(14)4-9(15)6-10/h4-7H,2-3,16H2,1H3,(H,17,18,19). The van der Waals surface area contributed by atoms with Crippen LogP contribution >= 0.6 is 0 Å². The fraction of sp³-hybridized carbons (Fsp3) is 0.231. The molecular weight excluding hydrogens is 266 g/mol. The van der Waals surface area contributed by atoms with Gasteiger partial charge < -0.3 is 10.2 Å². The van der Waals surface area contributed by atoms with Gasteiger partial charge in [0.15, 0.2) is 0 Å². The Morgan fingerprint density at radius 2 is 1.90 bits per heavy atom. The molecule has 0 bridgehead atoms. The van der Waals surface area contributed by atoms with Gasteiger partial charge in [-0.2, -0.15) is 0 Å². The van der Waals surface area contributed by atoms with E-state index in [0.29, 0.717) is 17.8 Å². The predicted octanol–water partition coefficient (Wildman–Crippen LogP) is 2.79. The van der Waals surface area contributed by atoms with Crippen molar-refractivity contribution in [1.29, 1.82) is 0 Å². The lowest BCUT2D eigenvalue weighted by Crippen LogP contribution is -2.12. The summed E-state index contributed by atoms with van der Waals surface area (Å²) in [5.74, 6) is 4.61. The number of benzene rings is 1. The van der Waals surface area contributed by atoms with Crippen molar-refractivity contribution in [3.63, 3.8) is 0 Å². The van der Waals surface area contributed by atoms with Gasteiger partial charge in [-0.3, -0.25) is 0 Å². The Kier molecular flexibility index (Phi) is 4.41. The van der Waals surface area contributed by atoms with Gasteiger partial charge in [-0.15, -0.1) is 0 Å². The van der Waals surface area contributed by atoms with Crippen LogP contribution in [0.2, 0.25) is 0 Å². The molecule has 7 heteroatoms. The zero-order valence-electron chi connectivity index (χ0n) is 10.9. The highest BCUT2D eigenvalue weighted by Crippen LogP contribution is 2.28. The maximum absolute atomic E-state index is 13.1. The molecule has 0 atom stereocenters. The molecule has 0 aliphatic heterocycles. The molecule has 20 heavy (non-hydrogen) atoms. The molecule has 0 fully saturated rings. The lowest BCUT2D eigenvalue weighted by Gasteiger charge is -2.12. The number of aromatic nitrogens is 2. The number of rotatable bonds is 5. The zero-order chi connectivity index (χ0) is 14.5. The van der Waals surface area contributed by atoms with Crippen LogP contribution in [0.4, 0.5) is 14.6 Å². The first-order valence-electron chi connectivity index (χ1n) is 6.08. The topological polar surface area (TPSA) is 73.1 Å². The normalized spacial score (nSPS) is 10.4. The number of hydrogen-bond donors (Lipinski definition) is 2. The molecule has 106 valence electrons. The third-order valence-electron chi connectivity index (χ3n) is 2.59. The molecule has 1 aromatic heterocycles. The van der Waals surface area contributed by atoms with Crippen molar-refractivity contribution in [1.82, 2.24) is 9.97 Å². The first-order valence-corrected chi connectivity index (χ1v) is 6.08. The number of ether oxygens (including phenoxy) is 1. The van der Waals surface area contributed by atoms with Gasteiger partial charge in [0.1, 0.15) is 29.5 Å². The van der Waals surface area contributed by atoms with E-state index in [4.69, 9.17) is 10.6 Å². The minimum Gasteiger partial charge on any atom is -0.438 e. The van der Waals surface area contributed by atoms with Gasteiger partial charge in [0.25, 0.3) is 0 Å². The summed E-state index contributed by atoms with van der Waals surface area (Å²) in [6.07, 6.45) is 2.70. The fourth-order valence-corrected chi connectivity index (χ4v) is 1.78. The Balaban J connectivity index is 2.37. The van der Waals surface area contributed by atoms with Crippen molar-refractivity contribution in [2.75, 3.05) is 5.43 Å². The average Bonchev–Trinajstić information content (AvgIpc) is 2.39. The Labute approximate surface area is 114 Å². The second-order valence-electron chi connectivity index (χ2n) is 4.11. The summed E-state index contributed by atoms with van der Waals surface area (Å²) < 4.78 is 31.7. The number of nitrogen functional groups attached to an aromatic ring is 1. The SMILES string of the molecule is CCCc1c(NN)ncnc1Oc1cc(F)cc(F)c1. The van der Waals surface area contributed by atoms with E-state index in [0.717, 1.165) is 24.6 Å². The molecule has 1 heterocycles. The fourth-order valence-electron chi connectivity index (χ4n) is 1.78. The summed E-state index contributed by atoms with van der Waals surface area (Å²) in [4.78, 5) is 7.96. The summed E-state index contributed by atoms with van der Waals surface area (Å²) in [7, 11) is 0. The lowest BCUT2D eigenvalue weighted by atomic mass is 10.2. The number of halogens is 2. The van der Waals surface area contributed by atoms with Crippen LogP contribution < -0.4 is 16.0 Å². The minimum absolute atomic E-state index is 0.0292. The molecule has 0 unspecified atom stereocenters. The zero-order valence-corrected chi connectivity index (χ0v) is 10.9. The molecule has 0 aliphatic carbocycles. The van der Waals surface area contributed by atoms with Crippen LogP contribution in [0.5, 0.6) is 11.6 Å². The Morgan fingerprint density at radius 3 is 2.50 bits per heavy atom. The van der Waals surface area contributed by atoms with E-state index in [-0.39, 0.29) is 11.6 Å². The van der Waals surface area contributed by atoms with Gasteiger partial charge in [0.2, 0.25) is 5.88 Å². The quantitative estimate of drug-likeness (QED) is 0.651. The molecule has 0 spiro atoms. The van der Waals surface area contributed by atoms with E-state index in [2.05, 4.69) is 15.4 Å². The highest BCUT2D eigenvalue weighted by Gasteiger charge is 2.13. The van der Waals surface area contributed by atoms with Crippen LogP contribution in [0.25, 0.3) is 0 Å². The highest BCUT2D eigenvalue weighted by molar-refractivity contribution is 5.49. The van der Waals surface area contributed by atoms with E-state index in [1.165, 1.54) is 6.33 Å². The van der Waals surface area contributed by atoms with Crippen molar-refractivity contribution >= 4 is 5.82 Å². The maximum Gasteiger partial charge on any atom is 0.227 e. The molecule has 0 saturated carbocycles. The summed E-state index contributed by atoms with van der Waals surface area (Å²) in [5, 5.41) is 0. The summed E-state index contributed by atoms with van der Waals surface area (Å²) >= 11 is 0. The second-order valence-corrected chi connectivity index (χ2v) is 4.11. The number of anilines is 1. The van der Waals surface area contributed by atoms with Crippen LogP contribution in [0, 0.1) is 11.6 Å². The largest absolute Gasteiger partial charge is 0.438 e. The van der Waals surface area contributed by atoms with E-state index >= 15 is 0 Å². The van der Waals surface area contributed by atoms with Crippen molar-refractivity contribution in [2.45, 2.75) is 19.8 Å². The summed E-state index contributed by atoms with van der Waals surface area (Å²) in [5.41, 5.74) is 3.10. The van der Waals surface area contributed by atoms with Crippen molar-refractivity contribution in [3.05, 3.63) is 41.7 Å². The number of hydrazine groups is 1. The Hall–Kier alpha value is -2.28. The first kappa shape index (κ1) is 14.1. The second kappa shape index (κ2) is 6.25. The molecule has 0 aliphatic rings. The Bertz CT molecular complexity index is 587. The average molecular weight is 280 g/mol. The molecule has 2 rings (SSSR count). The van der Waals surface area contributed by atoms with Gasteiger partial charge in [-0.25, -0.2) is 24.6 Å². The van der Waals surface area contributed by atoms with E-state index in [1.54, 1.807) is 0 Å². The van der Waals surface area contributed by atoms with Gasteiger partial charge in [0.05, 0.1) is 5.56 Å². The number of nitrogens with two attached hydrogens (primary N) is 1. The predicted molar refractivity (Wildman–Crippen MR) is 70.3 cm³/mol. The summed E-state index contributed by atoms with van der Waals surface area (Å²) in [6.45, 7) is 1.97. The minimum atomic E-state index is -0.719. The van der Waals surface area contributed by atoms with E-state index in [1.807, 2.05) is 6.92 Å². The third-order valence-corrected chi connectivity index (χ3v) is 2.59. The first-order chi connectivity index (χ1) is 9.63. The monoisotopic (exact) mass is 280 g/mol. The van der Waals surface area contributed by atoms with Gasteiger partial charge in [-0.05, 0) is 6.42 Å². The lowest BCUT2D eigenvalue weighted by molar-refractivity contribution is 0.444. The molecule has 2 aromatic rings. The van der Waals surface area contributed by atoms with Crippen LogP contribution in [-0.2, 0) is 6.42 Å². The summed E-state index contributed by atoms with van der Waals surface area (Å²) in [6, 6.07) is 2.93.